The van der Waals surface area contributed by atoms with E-state index in [4.69, 9.17) is 14.5 Å². The summed E-state index contributed by atoms with van der Waals surface area (Å²) in [4.78, 5) is 28.5. The number of aliphatic hydroxyl groups is 1. The van der Waals surface area contributed by atoms with Crippen LogP contribution in [0.5, 0.6) is 0 Å². The summed E-state index contributed by atoms with van der Waals surface area (Å²) in [7, 11) is 0. The van der Waals surface area contributed by atoms with Crippen LogP contribution in [0, 0.1) is 23.6 Å². The van der Waals surface area contributed by atoms with E-state index in [0.29, 0.717) is 23.2 Å². The Bertz CT molecular complexity index is 1640. The molecule has 0 saturated heterocycles. The van der Waals surface area contributed by atoms with Gasteiger partial charge in [-0.2, -0.15) is 0 Å². The lowest BCUT2D eigenvalue weighted by molar-refractivity contribution is 0.0868. The molecular formula is C30H36FN7O3. The van der Waals surface area contributed by atoms with Gasteiger partial charge in [0.05, 0.1) is 0 Å². The molecule has 2 aliphatic rings. The van der Waals surface area contributed by atoms with E-state index in [-0.39, 0.29) is 40.6 Å². The average molecular weight is 562 g/mol. The molecule has 10 nitrogen and oxygen atoms in total. The number of hydrogen-bond donors (Lipinski definition) is 3. The molecule has 0 radical (unpaired) electrons. The van der Waals surface area contributed by atoms with Crippen molar-refractivity contribution in [2.45, 2.75) is 77.4 Å². The van der Waals surface area contributed by atoms with Crippen LogP contribution in [0.3, 0.4) is 0 Å². The van der Waals surface area contributed by atoms with Crippen molar-refractivity contribution in [3.63, 3.8) is 0 Å². The third-order valence-electron chi connectivity index (χ3n) is 8.99. The fraction of sp³-hybridized carbons (Fsp3) is 0.500. The molecule has 0 aliphatic heterocycles. The number of aromatic amines is 1. The summed E-state index contributed by atoms with van der Waals surface area (Å²) < 4.78 is 21.7. The molecule has 216 valence electrons. The second kappa shape index (κ2) is 10.5. The van der Waals surface area contributed by atoms with Crippen molar-refractivity contribution in [2.75, 3.05) is 5.32 Å². The molecule has 0 amide bonds. The van der Waals surface area contributed by atoms with E-state index in [0.717, 1.165) is 44.2 Å². The minimum Gasteiger partial charge on any atom is -0.377 e. The van der Waals surface area contributed by atoms with Crippen LogP contribution in [0.1, 0.15) is 77.1 Å². The number of allylic oxidation sites excluding steroid dienone is 1. The number of aromatic nitrogens is 6. The number of halogens is 1. The number of anilines is 1. The van der Waals surface area contributed by atoms with E-state index in [9.17, 15) is 9.90 Å². The van der Waals surface area contributed by atoms with Crippen LogP contribution in [0.15, 0.2) is 40.2 Å². The Morgan fingerprint density at radius 2 is 1.93 bits per heavy atom. The molecule has 1 unspecified atom stereocenters. The number of nitrogens with zero attached hydrogens (tertiary/aromatic N) is 5. The maximum atomic E-state index is 15.1. The molecule has 2 aliphatic carbocycles. The van der Waals surface area contributed by atoms with E-state index >= 15 is 4.39 Å². The molecule has 4 aromatic rings. The van der Waals surface area contributed by atoms with E-state index in [1.807, 2.05) is 4.57 Å². The van der Waals surface area contributed by atoms with Gasteiger partial charge < -0.3 is 10.4 Å². The van der Waals surface area contributed by atoms with Crippen LogP contribution in [0.2, 0.25) is 0 Å². The van der Waals surface area contributed by atoms with Crippen LogP contribution in [-0.4, -0.2) is 40.8 Å². The largest absolute Gasteiger partial charge is 0.439 e. The van der Waals surface area contributed by atoms with Crippen LogP contribution >= 0.6 is 0 Å². The standard InChI is InChI=1S/C30H36FN7O3/c1-16-12-14-20(15-13-16)18(3)38-23-24(32-17(2)19-8-7-9-19)33-26(27-36-29(39)41-37-27)34-25(23)35-28(38)30(4,40)21-10-5-6-11-22(21)31/h5-6,10-11,16-17,19-20,40H,3,7-9,12-15H2,1-2,4H3,(H,32,33,34)(H,36,37,39)/t16?,17-,20?,30?/m1/s1. The van der Waals surface area contributed by atoms with Crippen molar-refractivity contribution < 1.29 is 14.0 Å². The van der Waals surface area contributed by atoms with E-state index < -0.39 is 17.2 Å². The van der Waals surface area contributed by atoms with Crippen molar-refractivity contribution in [3.8, 4) is 11.6 Å². The SMILES string of the molecule is C=C(C1CCC(C)CC1)n1c(C(C)(O)c2ccccc2F)nc2nc(-c3noc(=O)[nH]3)nc(N[C@H](C)C3CCC3)c21. The summed E-state index contributed by atoms with van der Waals surface area (Å²) in [5.74, 6) is 0.835. The van der Waals surface area contributed by atoms with Crippen LogP contribution < -0.4 is 11.1 Å². The van der Waals surface area contributed by atoms with Gasteiger partial charge in [0.2, 0.25) is 11.6 Å². The topological polar surface area (TPSA) is 135 Å². The first kappa shape index (κ1) is 27.3. The van der Waals surface area contributed by atoms with Gasteiger partial charge in [-0.3, -0.25) is 14.1 Å². The maximum Gasteiger partial charge on any atom is 0.439 e. The van der Waals surface area contributed by atoms with Crippen LogP contribution in [0.25, 0.3) is 28.5 Å². The third kappa shape index (κ3) is 4.96. The van der Waals surface area contributed by atoms with Crippen molar-refractivity contribution in [1.29, 1.82) is 0 Å². The number of benzene rings is 1. The summed E-state index contributed by atoms with van der Waals surface area (Å²) in [6, 6.07) is 6.23. The zero-order chi connectivity index (χ0) is 28.9. The number of imidazole rings is 1. The number of fused-ring (bicyclic) bond motifs is 1. The van der Waals surface area contributed by atoms with E-state index in [1.165, 1.54) is 19.4 Å². The summed E-state index contributed by atoms with van der Waals surface area (Å²) in [5, 5.41) is 19.3. The first-order valence-corrected chi connectivity index (χ1v) is 14.4. The minimum atomic E-state index is -1.82. The van der Waals surface area contributed by atoms with Gasteiger partial charge in [-0.25, -0.2) is 24.1 Å². The van der Waals surface area contributed by atoms with Crippen LogP contribution in [0.4, 0.5) is 10.2 Å². The van der Waals surface area contributed by atoms with Gasteiger partial charge in [0.25, 0.3) is 0 Å². The molecule has 2 fully saturated rings. The summed E-state index contributed by atoms with van der Waals surface area (Å²) >= 11 is 0. The Labute approximate surface area is 237 Å². The molecule has 0 spiro atoms. The third-order valence-corrected chi connectivity index (χ3v) is 8.99. The Kier molecular flexibility index (Phi) is 7.01. The van der Waals surface area contributed by atoms with Crippen molar-refractivity contribution >= 4 is 22.7 Å². The molecule has 3 N–H and O–H groups in total. The predicted octanol–water partition coefficient (Wildman–Crippen LogP) is 5.46. The minimum absolute atomic E-state index is 0.0632. The number of rotatable bonds is 8. The highest BCUT2D eigenvalue weighted by atomic mass is 19.1. The maximum absolute atomic E-state index is 15.1. The zero-order valence-electron chi connectivity index (χ0n) is 23.7. The molecule has 3 aromatic heterocycles. The van der Waals surface area contributed by atoms with Gasteiger partial charge in [0.1, 0.15) is 16.9 Å². The zero-order valence-corrected chi connectivity index (χ0v) is 23.7. The van der Waals surface area contributed by atoms with Crippen molar-refractivity contribution in [2.24, 2.45) is 17.8 Å². The Morgan fingerprint density at radius 3 is 2.56 bits per heavy atom. The predicted molar refractivity (Wildman–Crippen MR) is 153 cm³/mol. The summed E-state index contributed by atoms with van der Waals surface area (Å²) in [5.41, 5.74) is -0.166. The number of H-pyrrole nitrogens is 1. The molecule has 2 atom stereocenters. The average Bonchev–Trinajstić information content (AvgIpc) is 3.52. The highest BCUT2D eigenvalue weighted by Gasteiger charge is 2.38. The highest BCUT2D eigenvalue weighted by Crippen LogP contribution is 2.42. The lowest BCUT2D eigenvalue weighted by atomic mass is 9.80. The fourth-order valence-corrected chi connectivity index (χ4v) is 6.15. The normalized spacial score (nSPS) is 21.8. The molecular weight excluding hydrogens is 525 g/mol. The second-order valence-corrected chi connectivity index (χ2v) is 11.9. The Balaban J connectivity index is 1.59. The van der Waals surface area contributed by atoms with Crippen molar-refractivity contribution in [3.05, 3.63) is 58.6 Å². The van der Waals surface area contributed by atoms with E-state index in [2.05, 4.69) is 40.9 Å². The number of hydrogen-bond acceptors (Lipinski definition) is 8. The molecule has 3 heterocycles. The molecule has 11 heteroatoms. The van der Waals surface area contributed by atoms with Gasteiger partial charge >= 0.3 is 5.76 Å². The quantitative estimate of drug-likeness (QED) is 0.258. The molecule has 1 aromatic carbocycles. The summed E-state index contributed by atoms with van der Waals surface area (Å²) in [6.45, 7) is 10.4. The number of nitrogens with one attached hydrogen (secondary N) is 2. The second-order valence-electron chi connectivity index (χ2n) is 11.9. The smallest absolute Gasteiger partial charge is 0.377 e. The van der Waals surface area contributed by atoms with Crippen molar-refractivity contribution in [1.82, 2.24) is 29.7 Å². The summed E-state index contributed by atoms with van der Waals surface area (Å²) in [6.07, 6.45) is 7.45. The van der Waals surface area contributed by atoms with Gasteiger partial charge in [-0.05, 0) is 63.4 Å². The first-order valence-electron chi connectivity index (χ1n) is 14.4. The van der Waals surface area contributed by atoms with Gasteiger partial charge in [0.15, 0.2) is 17.3 Å². The van der Waals surface area contributed by atoms with E-state index in [1.54, 1.807) is 18.2 Å². The highest BCUT2D eigenvalue weighted by molar-refractivity contribution is 5.89. The fourth-order valence-electron chi connectivity index (χ4n) is 6.15. The van der Waals surface area contributed by atoms with Crippen LogP contribution in [-0.2, 0) is 5.60 Å². The lowest BCUT2D eigenvalue weighted by Gasteiger charge is -2.33. The molecule has 0 bridgehead atoms. The Hall–Kier alpha value is -3.86. The molecule has 6 rings (SSSR count). The monoisotopic (exact) mass is 561 g/mol. The lowest BCUT2D eigenvalue weighted by Crippen LogP contribution is -2.32. The Morgan fingerprint density at radius 1 is 1.20 bits per heavy atom. The molecule has 2 saturated carbocycles. The van der Waals surface area contributed by atoms with Gasteiger partial charge in [0, 0.05) is 17.3 Å². The molecule has 41 heavy (non-hydrogen) atoms. The van der Waals surface area contributed by atoms with Gasteiger partial charge in [-0.15, -0.1) is 0 Å². The first-order chi connectivity index (χ1) is 19.6. The van der Waals surface area contributed by atoms with Gasteiger partial charge in [-0.1, -0.05) is 56.1 Å².